The van der Waals surface area contributed by atoms with Gasteiger partial charge in [0.05, 0.1) is 4.92 Å². The molecule has 0 radical (unpaired) electrons. The van der Waals surface area contributed by atoms with Crippen LogP contribution in [0.25, 0.3) is 0 Å². The number of rotatable bonds is 5. The number of nitrogens with zero attached hydrogens (tertiary/aromatic N) is 1. The first-order valence-corrected chi connectivity index (χ1v) is 6.60. The van der Waals surface area contributed by atoms with Crippen LogP contribution in [0.4, 0.5) is 5.69 Å². The molecule has 0 heterocycles. The second-order valence-corrected chi connectivity index (χ2v) is 4.97. The minimum absolute atomic E-state index is 0.119. The van der Waals surface area contributed by atoms with Crippen LogP contribution in [-0.2, 0) is 6.42 Å². The number of hydrogen-bond acceptors (Lipinski definition) is 3. The number of hydrogen-bond donors (Lipinski definition) is 1. The number of non-ortho nitro benzene ring substituents is 1. The minimum Gasteiger partial charge on any atom is -0.330 e. The third-order valence-corrected chi connectivity index (χ3v) is 3.46. The Morgan fingerprint density at radius 1 is 1.10 bits per heavy atom. The fourth-order valence-corrected chi connectivity index (χ4v) is 2.21. The Morgan fingerprint density at radius 2 is 1.70 bits per heavy atom. The summed E-state index contributed by atoms with van der Waals surface area (Å²) in [5, 5.41) is 10.6. The Bertz CT molecular complexity index is 576. The highest BCUT2D eigenvalue weighted by molar-refractivity contribution is 5.34. The summed E-state index contributed by atoms with van der Waals surface area (Å²) < 4.78 is 0. The molecule has 0 amide bonds. The average molecular weight is 270 g/mol. The van der Waals surface area contributed by atoms with Gasteiger partial charge in [-0.3, -0.25) is 10.1 Å². The molecule has 2 N–H and O–H groups in total. The van der Waals surface area contributed by atoms with Crippen molar-refractivity contribution < 1.29 is 4.92 Å². The quantitative estimate of drug-likeness (QED) is 0.670. The Balaban J connectivity index is 2.13. The molecule has 0 fully saturated rings. The van der Waals surface area contributed by atoms with Gasteiger partial charge in [-0.1, -0.05) is 42.0 Å². The van der Waals surface area contributed by atoms with Crippen LogP contribution in [0.2, 0.25) is 0 Å². The highest BCUT2D eigenvalue weighted by Crippen LogP contribution is 2.22. The van der Waals surface area contributed by atoms with Crippen LogP contribution >= 0.6 is 0 Å². The molecule has 2 aromatic rings. The van der Waals surface area contributed by atoms with E-state index in [0.717, 1.165) is 12.0 Å². The zero-order valence-corrected chi connectivity index (χ0v) is 11.5. The van der Waals surface area contributed by atoms with Crippen LogP contribution < -0.4 is 5.73 Å². The van der Waals surface area contributed by atoms with Crippen LogP contribution in [-0.4, -0.2) is 11.5 Å². The van der Waals surface area contributed by atoms with Crippen molar-refractivity contribution in [3.05, 3.63) is 75.3 Å². The van der Waals surface area contributed by atoms with Gasteiger partial charge >= 0.3 is 0 Å². The van der Waals surface area contributed by atoms with Gasteiger partial charge in [-0.25, -0.2) is 0 Å². The third kappa shape index (κ3) is 3.42. The van der Waals surface area contributed by atoms with Crippen molar-refractivity contribution in [1.29, 1.82) is 0 Å². The second kappa shape index (κ2) is 6.30. The van der Waals surface area contributed by atoms with E-state index in [1.165, 1.54) is 23.3 Å². The molecule has 104 valence electrons. The second-order valence-electron chi connectivity index (χ2n) is 4.97. The first kappa shape index (κ1) is 14.2. The number of benzene rings is 2. The lowest BCUT2D eigenvalue weighted by molar-refractivity contribution is -0.384. The molecule has 0 aromatic heterocycles. The van der Waals surface area contributed by atoms with E-state index in [0.29, 0.717) is 6.54 Å². The fourth-order valence-electron chi connectivity index (χ4n) is 2.21. The lowest BCUT2D eigenvalue weighted by Gasteiger charge is -2.15. The lowest BCUT2D eigenvalue weighted by Crippen LogP contribution is -2.15. The largest absolute Gasteiger partial charge is 0.330 e. The molecule has 0 aliphatic rings. The molecule has 20 heavy (non-hydrogen) atoms. The average Bonchev–Trinajstić information content (AvgIpc) is 2.46. The predicted octanol–water partition coefficient (Wildman–Crippen LogP) is 3.19. The van der Waals surface area contributed by atoms with E-state index in [4.69, 9.17) is 5.73 Å². The zero-order valence-electron chi connectivity index (χ0n) is 11.5. The Kier molecular flexibility index (Phi) is 4.48. The number of nitrogens with two attached hydrogens (primary N) is 1. The summed E-state index contributed by atoms with van der Waals surface area (Å²) in [4.78, 5) is 10.2. The number of nitro groups is 1. The van der Waals surface area contributed by atoms with Gasteiger partial charge in [0.25, 0.3) is 5.69 Å². The van der Waals surface area contributed by atoms with Gasteiger partial charge in [-0.05, 0) is 31.0 Å². The lowest BCUT2D eigenvalue weighted by atomic mass is 9.91. The Hall–Kier alpha value is -2.20. The van der Waals surface area contributed by atoms with Crippen LogP contribution in [0.1, 0.15) is 22.6 Å². The molecule has 0 spiro atoms. The van der Waals surface area contributed by atoms with E-state index in [2.05, 4.69) is 31.2 Å². The summed E-state index contributed by atoms with van der Waals surface area (Å²) in [7, 11) is 0. The van der Waals surface area contributed by atoms with E-state index >= 15 is 0 Å². The van der Waals surface area contributed by atoms with E-state index in [1.54, 1.807) is 12.1 Å². The summed E-state index contributed by atoms with van der Waals surface area (Å²) in [6, 6.07) is 15.0. The van der Waals surface area contributed by atoms with Crippen LogP contribution in [0.15, 0.2) is 48.5 Å². The highest BCUT2D eigenvalue weighted by Gasteiger charge is 2.11. The van der Waals surface area contributed by atoms with Crippen molar-refractivity contribution in [3.8, 4) is 0 Å². The summed E-state index contributed by atoms with van der Waals surface area (Å²) in [6.45, 7) is 2.61. The standard InChI is InChI=1S/C16H18N2O2/c1-12-2-6-14(7-3-12)15(11-17)10-13-4-8-16(9-5-13)18(19)20/h2-9,15H,10-11,17H2,1H3. The van der Waals surface area contributed by atoms with Crippen LogP contribution in [0.5, 0.6) is 0 Å². The Labute approximate surface area is 118 Å². The van der Waals surface area contributed by atoms with Crippen LogP contribution in [0, 0.1) is 17.0 Å². The first-order chi connectivity index (χ1) is 9.60. The topological polar surface area (TPSA) is 69.2 Å². The van der Waals surface area contributed by atoms with Gasteiger partial charge in [-0.15, -0.1) is 0 Å². The van der Waals surface area contributed by atoms with Gasteiger partial charge < -0.3 is 5.73 Å². The summed E-state index contributed by atoms with van der Waals surface area (Å²) >= 11 is 0. The number of aryl methyl sites for hydroxylation is 1. The molecular formula is C16H18N2O2. The molecule has 0 bridgehead atoms. The molecule has 0 saturated heterocycles. The molecular weight excluding hydrogens is 252 g/mol. The maximum Gasteiger partial charge on any atom is 0.269 e. The van der Waals surface area contributed by atoms with E-state index in [1.807, 2.05) is 0 Å². The summed E-state index contributed by atoms with van der Waals surface area (Å²) in [5.41, 5.74) is 9.47. The highest BCUT2D eigenvalue weighted by atomic mass is 16.6. The molecule has 4 nitrogen and oxygen atoms in total. The van der Waals surface area contributed by atoms with Crippen LogP contribution in [0.3, 0.4) is 0 Å². The maximum atomic E-state index is 10.6. The number of nitro benzene ring substituents is 1. The molecule has 1 unspecified atom stereocenters. The molecule has 2 aromatic carbocycles. The van der Waals surface area contributed by atoms with E-state index < -0.39 is 0 Å². The first-order valence-electron chi connectivity index (χ1n) is 6.60. The van der Waals surface area contributed by atoms with Gasteiger partial charge in [0, 0.05) is 18.1 Å². The van der Waals surface area contributed by atoms with Gasteiger partial charge in [-0.2, -0.15) is 0 Å². The third-order valence-electron chi connectivity index (χ3n) is 3.46. The minimum atomic E-state index is -0.385. The summed E-state index contributed by atoms with van der Waals surface area (Å²) in [6.07, 6.45) is 0.789. The van der Waals surface area contributed by atoms with E-state index in [-0.39, 0.29) is 16.5 Å². The van der Waals surface area contributed by atoms with Gasteiger partial charge in [0.2, 0.25) is 0 Å². The van der Waals surface area contributed by atoms with Crippen molar-refractivity contribution in [3.63, 3.8) is 0 Å². The van der Waals surface area contributed by atoms with Gasteiger partial charge in [0.15, 0.2) is 0 Å². The SMILES string of the molecule is Cc1ccc(C(CN)Cc2ccc([N+](=O)[O-])cc2)cc1. The fraction of sp³-hybridized carbons (Fsp3) is 0.250. The monoisotopic (exact) mass is 270 g/mol. The molecule has 0 aliphatic carbocycles. The zero-order chi connectivity index (χ0) is 14.5. The normalized spacial score (nSPS) is 12.1. The molecule has 0 aliphatic heterocycles. The van der Waals surface area contributed by atoms with Crippen molar-refractivity contribution in [2.24, 2.45) is 5.73 Å². The molecule has 4 heteroatoms. The van der Waals surface area contributed by atoms with Crippen molar-refractivity contribution in [1.82, 2.24) is 0 Å². The predicted molar refractivity (Wildman–Crippen MR) is 79.8 cm³/mol. The Morgan fingerprint density at radius 3 is 2.20 bits per heavy atom. The maximum absolute atomic E-state index is 10.6. The molecule has 1 atom stereocenters. The molecule has 2 rings (SSSR count). The van der Waals surface area contributed by atoms with E-state index in [9.17, 15) is 10.1 Å². The molecule has 0 saturated carbocycles. The smallest absolute Gasteiger partial charge is 0.269 e. The van der Waals surface area contributed by atoms with Crippen molar-refractivity contribution in [2.45, 2.75) is 19.3 Å². The van der Waals surface area contributed by atoms with Gasteiger partial charge in [0.1, 0.15) is 0 Å². The van der Waals surface area contributed by atoms with Crippen molar-refractivity contribution >= 4 is 5.69 Å². The summed E-state index contributed by atoms with van der Waals surface area (Å²) in [5.74, 6) is 0.233. The van der Waals surface area contributed by atoms with Crippen molar-refractivity contribution in [2.75, 3.05) is 6.54 Å².